The molecule has 1 aromatic heterocycles. The van der Waals surface area contributed by atoms with E-state index < -0.39 is 0 Å². The average Bonchev–Trinajstić information content (AvgIpc) is 2.21. The molecular weight excluding hydrogens is 164 g/mol. The molecule has 0 radical (unpaired) electrons. The van der Waals surface area contributed by atoms with Crippen molar-refractivity contribution in [3.8, 4) is 6.07 Å². The van der Waals surface area contributed by atoms with E-state index in [1.54, 1.807) is 12.4 Å². The fourth-order valence-electron chi connectivity index (χ4n) is 1.18. The maximum atomic E-state index is 8.85. The summed E-state index contributed by atoms with van der Waals surface area (Å²) in [5.74, 6) is -0.138. The van der Waals surface area contributed by atoms with Crippen molar-refractivity contribution >= 4 is 0 Å². The van der Waals surface area contributed by atoms with Crippen LogP contribution in [0.5, 0.6) is 0 Å². The van der Waals surface area contributed by atoms with Crippen molar-refractivity contribution in [2.75, 3.05) is 6.61 Å². The van der Waals surface area contributed by atoms with Gasteiger partial charge >= 0.3 is 0 Å². The third kappa shape index (κ3) is 2.85. The highest BCUT2D eigenvalue weighted by molar-refractivity contribution is 5.20. The van der Waals surface area contributed by atoms with Gasteiger partial charge in [0.15, 0.2) is 0 Å². The molecule has 0 bridgehead atoms. The van der Waals surface area contributed by atoms with Crippen LogP contribution in [0.3, 0.4) is 0 Å². The largest absolute Gasteiger partial charge is 0.396 e. The van der Waals surface area contributed by atoms with E-state index in [9.17, 15) is 0 Å². The lowest BCUT2D eigenvalue weighted by Gasteiger charge is -2.06. The van der Waals surface area contributed by atoms with Crippen LogP contribution in [-0.4, -0.2) is 16.7 Å². The monoisotopic (exact) mass is 176 g/mol. The van der Waals surface area contributed by atoms with Crippen LogP contribution in [-0.2, 0) is 0 Å². The molecule has 0 saturated carbocycles. The molecule has 0 aliphatic heterocycles. The van der Waals surface area contributed by atoms with E-state index in [2.05, 4.69) is 11.1 Å². The molecule has 68 valence electrons. The maximum absolute atomic E-state index is 8.85. The number of aromatic nitrogens is 1. The SMILES string of the molecule is N#CC(CCCO)c1cccnc1. The number of aliphatic hydroxyl groups excluding tert-OH is 1. The molecule has 1 N–H and O–H groups in total. The molecular formula is C10H12N2O. The first-order chi connectivity index (χ1) is 6.38. The fourth-order valence-corrected chi connectivity index (χ4v) is 1.18. The van der Waals surface area contributed by atoms with E-state index in [0.717, 1.165) is 5.56 Å². The summed E-state index contributed by atoms with van der Waals surface area (Å²) >= 11 is 0. The molecule has 0 aromatic carbocycles. The van der Waals surface area contributed by atoms with E-state index >= 15 is 0 Å². The number of aliphatic hydroxyl groups is 1. The van der Waals surface area contributed by atoms with Gasteiger partial charge < -0.3 is 5.11 Å². The highest BCUT2D eigenvalue weighted by atomic mass is 16.2. The first-order valence-electron chi connectivity index (χ1n) is 4.29. The zero-order valence-corrected chi connectivity index (χ0v) is 7.35. The Kier molecular flexibility index (Phi) is 3.94. The average molecular weight is 176 g/mol. The van der Waals surface area contributed by atoms with Crippen LogP contribution in [0.15, 0.2) is 24.5 Å². The van der Waals surface area contributed by atoms with Crippen molar-refractivity contribution in [1.29, 1.82) is 5.26 Å². The van der Waals surface area contributed by atoms with Gasteiger partial charge in [-0.1, -0.05) is 6.07 Å². The molecule has 3 heteroatoms. The van der Waals surface area contributed by atoms with Gasteiger partial charge in [0.2, 0.25) is 0 Å². The summed E-state index contributed by atoms with van der Waals surface area (Å²) in [5.41, 5.74) is 0.929. The molecule has 0 aliphatic rings. The first-order valence-corrected chi connectivity index (χ1v) is 4.29. The number of hydrogen-bond donors (Lipinski definition) is 1. The molecule has 13 heavy (non-hydrogen) atoms. The van der Waals surface area contributed by atoms with Crippen LogP contribution < -0.4 is 0 Å². The Labute approximate surface area is 77.7 Å². The topological polar surface area (TPSA) is 56.9 Å². The number of nitrogens with zero attached hydrogens (tertiary/aromatic N) is 2. The molecule has 1 atom stereocenters. The van der Waals surface area contributed by atoms with Crippen LogP contribution in [0.4, 0.5) is 0 Å². The van der Waals surface area contributed by atoms with Crippen molar-refractivity contribution < 1.29 is 5.11 Å². The van der Waals surface area contributed by atoms with Crippen LogP contribution >= 0.6 is 0 Å². The van der Waals surface area contributed by atoms with Gasteiger partial charge in [0.25, 0.3) is 0 Å². The Morgan fingerprint density at radius 3 is 3.00 bits per heavy atom. The predicted octanol–water partition coefficient (Wildman–Crippen LogP) is 1.46. The normalized spacial score (nSPS) is 12.0. The molecule has 0 fully saturated rings. The van der Waals surface area contributed by atoms with Gasteiger partial charge in [-0.3, -0.25) is 4.98 Å². The minimum absolute atomic E-state index is 0.137. The first kappa shape index (κ1) is 9.69. The van der Waals surface area contributed by atoms with Crippen molar-refractivity contribution in [3.05, 3.63) is 30.1 Å². The zero-order chi connectivity index (χ0) is 9.52. The van der Waals surface area contributed by atoms with Crippen LogP contribution in [0.2, 0.25) is 0 Å². The third-order valence-electron chi connectivity index (χ3n) is 1.89. The summed E-state index contributed by atoms with van der Waals surface area (Å²) in [6.07, 6.45) is 4.74. The summed E-state index contributed by atoms with van der Waals surface area (Å²) in [5, 5.41) is 17.5. The highest BCUT2D eigenvalue weighted by Gasteiger charge is 2.08. The second-order valence-corrected chi connectivity index (χ2v) is 2.83. The molecule has 0 aliphatic carbocycles. The van der Waals surface area contributed by atoms with Crippen LogP contribution in [0, 0.1) is 11.3 Å². The zero-order valence-electron chi connectivity index (χ0n) is 7.35. The maximum Gasteiger partial charge on any atom is 0.0728 e. The van der Waals surface area contributed by atoms with Crippen molar-refractivity contribution in [1.82, 2.24) is 4.98 Å². The standard InChI is InChI=1S/C10H12N2O/c11-7-9(4-2-6-13)10-3-1-5-12-8-10/h1,3,5,8-9,13H,2,4,6H2. The van der Waals surface area contributed by atoms with E-state index in [4.69, 9.17) is 10.4 Å². The lowest BCUT2D eigenvalue weighted by atomic mass is 9.98. The van der Waals surface area contributed by atoms with Gasteiger partial charge in [0.05, 0.1) is 12.0 Å². The third-order valence-corrected chi connectivity index (χ3v) is 1.89. The van der Waals surface area contributed by atoms with Crippen molar-refractivity contribution in [3.63, 3.8) is 0 Å². The molecule has 1 heterocycles. The second kappa shape index (κ2) is 5.28. The van der Waals surface area contributed by atoms with E-state index in [-0.39, 0.29) is 12.5 Å². The summed E-state index contributed by atoms with van der Waals surface area (Å²) in [6, 6.07) is 5.91. The number of pyridine rings is 1. The number of rotatable bonds is 4. The Morgan fingerprint density at radius 2 is 2.46 bits per heavy atom. The molecule has 1 aromatic rings. The lowest BCUT2D eigenvalue weighted by molar-refractivity contribution is 0.283. The molecule has 0 amide bonds. The van der Waals surface area contributed by atoms with E-state index in [1.165, 1.54) is 0 Å². The summed E-state index contributed by atoms with van der Waals surface area (Å²) < 4.78 is 0. The molecule has 1 rings (SSSR count). The number of hydrogen-bond acceptors (Lipinski definition) is 3. The van der Waals surface area contributed by atoms with Gasteiger partial charge in [-0.25, -0.2) is 0 Å². The second-order valence-electron chi connectivity index (χ2n) is 2.83. The van der Waals surface area contributed by atoms with E-state index in [1.807, 2.05) is 12.1 Å². The molecule has 0 saturated heterocycles. The Morgan fingerprint density at radius 1 is 1.62 bits per heavy atom. The van der Waals surface area contributed by atoms with Crippen molar-refractivity contribution in [2.24, 2.45) is 0 Å². The Balaban J connectivity index is 2.63. The van der Waals surface area contributed by atoms with Gasteiger partial charge in [-0.05, 0) is 24.5 Å². The van der Waals surface area contributed by atoms with Gasteiger partial charge in [-0.2, -0.15) is 5.26 Å². The van der Waals surface area contributed by atoms with Crippen LogP contribution in [0.25, 0.3) is 0 Å². The van der Waals surface area contributed by atoms with Gasteiger partial charge in [0.1, 0.15) is 0 Å². The molecule has 3 nitrogen and oxygen atoms in total. The quantitative estimate of drug-likeness (QED) is 0.755. The van der Waals surface area contributed by atoms with Gasteiger partial charge in [-0.15, -0.1) is 0 Å². The summed E-state index contributed by atoms with van der Waals surface area (Å²) in [7, 11) is 0. The Bertz CT molecular complexity index is 279. The highest BCUT2D eigenvalue weighted by Crippen LogP contribution is 2.18. The predicted molar refractivity (Wildman–Crippen MR) is 48.9 cm³/mol. The molecule has 1 unspecified atom stereocenters. The minimum atomic E-state index is -0.138. The summed E-state index contributed by atoms with van der Waals surface area (Å²) in [6.45, 7) is 0.137. The van der Waals surface area contributed by atoms with Crippen LogP contribution in [0.1, 0.15) is 24.3 Å². The molecule has 0 spiro atoms. The van der Waals surface area contributed by atoms with E-state index in [0.29, 0.717) is 12.8 Å². The minimum Gasteiger partial charge on any atom is -0.396 e. The van der Waals surface area contributed by atoms with Crippen molar-refractivity contribution in [2.45, 2.75) is 18.8 Å². The number of nitriles is 1. The summed E-state index contributed by atoms with van der Waals surface area (Å²) in [4.78, 5) is 3.95. The smallest absolute Gasteiger partial charge is 0.0728 e. The van der Waals surface area contributed by atoms with Gasteiger partial charge in [0, 0.05) is 19.0 Å². The Hall–Kier alpha value is -1.40. The lowest BCUT2D eigenvalue weighted by Crippen LogP contribution is -1.97. The fraction of sp³-hybridized carbons (Fsp3) is 0.400.